The van der Waals surface area contributed by atoms with Crippen LogP contribution in [0.5, 0.6) is 0 Å². The number of pyridine rings is 1. The van der Waals surface area contributed by atoms with E-state index in [1.807, 2.05) is 38.4 Å². The first kappa shape index (κ1) is 22.7. The number of nitrogens with one attached hydrogen (secondary N) is 3. The molecule has 3 aromatic rings. The van der Waals surface area contributed by atoms with Crippen molar-refractivity contribution in [3.05, 3.63) is 47.9 Å². The van der Waals surface area contributed by atoms with Gasteiger partial charge in [0.15, 0.2) is 5.82 Å². The molecule has 3 fully saturated rings. The van der Waals surface area contributed by atoms with Crippen molar-refractivity contribution in [3.63, 3.8) is 0 Å². The van der Waals surface area contributed by atoms with Gasteiger partial charge in [-0.2, -0.15) is 20.3 Å². The van der Waals surface area contributed by atoms with E-state index in [0.29, 0.717) is 48.4 Å². The third-order valence-electron chi connectivity index (χ3n) is 7.92. The maximum Gasteiger partial charge on any atom is 0.226 e. The summed E-state index contributed by atoms with van der Waals surface area (Å²) < 4.78 is 0. The van der Waals surface area contributed by atoms with Crippen LogP contribution in [0.1, 0.15) is 49.8 Å². The van der Waals surface area contributed by atoms with Crippen molar-refractivity contribution in [2.75, 3.05) is 22.6 Å². The van der Waals surface area contributed by atoms with Crippen LogP contribution in [0, 0.1) is 18.3 Å². The molecule has 0 aliphatic carbocycles. The van der Waals surface area contributed by atoms with Crippen LogP contribution >= 0.6 is 0 Å². The van der Waals surface area contributed by atoms with E-state index in [9.17, 15) is 0 Å². The average Bonchev–Trinajstić information content (AvgIpc) is 3.24. The molecule has 186 valence electrons. The molecule has 0 radical (unpaired) electrons. The monoisotopic (exact) mass is 484 g/mol. The number of hydrogen-bond acceptors (Lipinski definition) is 9. The second kappa shape index (κ2) is 9.06. The lowest BCUT2D eigenvalue weighted by Crippen LogP contribution is -2.81. The van der Waals surface area contributed by atoms with Crippen LogP contribution in [0.4, 0.5) is 23.4 Å². The number of aromatic amines is 1. The van der Waals surface area contributed by atoms with Crippen molar-refractivity contribution in [2.45, 2.75) is 75.7 Å². The summed E-state index contributed by atoms with van der Waals surface area (Å²) >= 11 is 0. The molecular formula is C26H32N10. The van der Waals surface area contributed by atoms with Gasteiger partial charge in [0, 0.05) is 73.9 Å². The average molecular weight is 485 g/mol. The van der Waals surface area contributed by atoms with Crippen molar-refractivity contribution < 1.29 is 0 Å². The highest BCUT2D eigenvalue weighted by Crippen LogP contribution is 2.58. The van der Waals surface area contributed by atoms with Gasteiger partial charge in [-0.15, -0.1) is 0 Å². The Morgan fingerprint density at radius 3 is 2.75 bits per heavy atom. The number of aryl methyl sites for hydroxylation is 1. The fourth-order valence-electron chi connectivity index (χ4n) is 6.50. The lowest BCUT2D eigenvalue weighted by molar-refractivity contribution is -0.222. The molecule has 3 aromatic heterocycles. The Balaban J connectivity index is 1.19. The molecule has 0 bridgehead atoms. The van der Waals surface area contributed by atoms with Crippen molar-refractivity contribution in [1.29, 1.82) is 5.26 Å². The number of anilines is 4. The van der Waals surface area contributed by atoms with Crippen LogP contribution in [0.15, 0.2) is 36.7 Å². The zero-order chi connectivity index (χ0) is 24.7. The molecule has 0 spiro atoms. The number of H-pyrrole nitrogens is 1. The summed E-state index contributed by atoms with van der Waals surface area (Å²) in [6, 6.07) is 11.8. The van der Waals surface area contributed by atoms with Gasteiger partial charge in [0.25, 0.3) is 0 Å². The van der Waals surface area contributed by atoms with Gasteiger partial charge in [0.2, 0.25) is 5.95 Å². The number of nitriles is 1. The van der Waals surface area contributed by atoms with Gasteiger partial charge in [-0.1, -0.05) is 6.07 Å². The molecule has 3 aliphatic heterocycles. The first-order valence-corrected chi connectivity index (χ1v) is 12.7. The maximum atomic E-state index is 9.02. The zero-order valence-electron chi connectivity index (χ0n) is 20.8. The van der Waals surface area contributed by atoms with Crippen LogP contribution in [0.3, 0.4) is 0 Å². The Bertz CT molecular complexity index is 1250. The highest BCUT2D eigenvalue weighted by Gasteiger charge is 2.64. The molecule has 0 amide bonds. The Hall–Kier alpha value is -3.71. The van der Waals surface area contributed by atoms with Crippen LogP contribution < -0.4 is 15.5 Å². The summed E-state index contributed by atoms with van der Waals surface area (Å²) in [4.78, 5) is 18.7. The third kappa shape index (κ3) is 4.24. The third-order valence-corrected chi connectivity index (χ3v) is 7.92. The van der Waals surface area contributed by atoms with Crippen molar-refractivity contribution in [2.24, 2.45) is 0 Å². The first-order chi connectivity index (χ1) is 17.5. The van der Waals surface area contributed by atoms with Crippen LogP contribution in [0.2, 0.25) is 0 Å². The molecule has 0 aromatic carbocycles. The summed E-state index contributed by atoms with van der Waals surface area (Å²) in [6.45, 7) is 2.67. The largest absolute Gasteiger partial charge is 0.355 e. The maximum absolute atomic E-state index is 9.02. The smallest absolute Gasteiger partial charge is 0.226 e. The summed E-state index contributed by atoms with van der Waals surface area (Å²) in [5, 5.41) is 23.3. The van der Waals surface area contributed by atoms with E-state index < -0.39 is 0 Å². The van der Waals surface area contributed by atoms with E-state index in [1.165, 1.54) is 12.8 Å². The van der Waals surface area contributed by atoms with E-state index in [1.54, 1.807) is 6.20 Å². The minimum atomic E-state index is 0.320. The summed E-state index contributed by atoms with van der Waals surface area (Å²) in [6.07, 6.45) is 9.95. The second-order valence-electron chi connectivity index (χ2n) is 10.5. The van der Waals surface area contributed by atoms with E-state index in [0.717, 1.165) is 42.2 Å². The highest BCUT2D eigenvalue weighted by molar-refractivity contribution is 5.59. The number of aromatic nitrogens is 5. The molecule has 10 nitrogen and oxygen atoms in total. The molecule has 0 saturated carbocycles. The van der Waals surface area contributed by atoms with Crippen LogP contribution in [0.25, 0.3) is 0 Å². The number of rotatable bonds is 9. The minimum Gasteiger partial charge on any atom is -0.355 e. The Morgan fingerprint density at radius 2 is 2.06 bits per heavy atom. The molecular weight excluding hydrogens is 452 g/mol. The van der Waals surface area contributed by atoms with Gasteiger partial charge in [-0.05, 0) is 50.7 Å². The Morgan fingerprint density at radius 1 is 1.22 bits per heavy atom. The molecule has 6 rings (SSSR count). The fourth-order valence-corrected chi connectivity index (χ4v) is 6.50. The molecule has 2 atom stereocenters. The topological polar surface area (TPSA) is 122 Å². The van der Waals surface area contributed by atoms with E-state index in [2.05, 4.69) is 47.8 Å². The SMILES string of the molecule is Cc1cc(Nc2cc(N(C)Cc3cccnc3)nc(NC3CC4CC5(CCC#N)CC(C3)N45)n2)n[nH]1. The lowest BCUT2D eigenvalue weighted by Gasteiger charge is -2.74. The molecule has 3 saturated heterocycles. The normalized spacial score (nSPS) is 26.2. The zero-order valence-corrected chi connectivity index (χ0v) is 20.8. The van der Waals surface area contributed by atoms with Crippen molar-refractivity contribution >= 4 is 23.4 Å². The number of piperidine rings is 2. The van der Waals surface area contributed by atoms with Gasteiger partial charge in [0.05, 0.1) is 6.07 Å². The molecule has 3 N–H and O–H groups in total. The Labute approximate surface area is 211 Å². The van der Waals surface area contributed by atoms with E-state index >= 15 is 0 Å². The highest BCUT2D eigenvalue weighted by atomic mass is 15.4. The fraction of sp³-hybridized carbons (Fsp3) is 0.500. The number of hydrogen-bond donors (Lipinski definition) is 3. The van der Waals surface area contributed by atoms with Gasteiger partial charge in [-0.25, -0.2) is 0 Å². The Kier molecular flexibility index (Phi) is 5.72. The molecule has 10 heteroatoms. The number of nitrogens with zero attached hydrogens (tertiary/aromatic N) is 7. The van der Waals surface area contributed by atoms with E-state index in [4.69, 9.17) is 15.2 Å². The van der Waals surface area contributed by atoms with Crippen molar-refractivity contribution in [1.82, 2.24) is 30.0 Å². The van der Waals surface area contributed by atoms with Crippen molar-refractivity contribution in [3.8, 4) is 6.07 Å². The quantitative estimate of drug-likeness (QED) is 0.417. The summed E-state index contributed by atoms with van der Waals surface area (Å²) in [7, 11) is 2.03. The van der Waals surface area contributed by atoms with Crippen LogP contribution in [-0.2, 0) is 6.54 Å². The van der Waals surface area contributed by atoms with Gasteiger partial charge in [0.1, 0.15) is 11.6 Å². The molecule has 2 unspecified atom stereocenters. The predicted molar refractivity (Wildman–Crippen MR) is 138 cm³/mol. The van der Waals surface area contributed by atoms with Gasteiger partial charge in [-0.3, -0.25) is 15.0 Å². The second-order valence-corrected chi connectivity index (χ2v) is 10.5. The predicted octanol–water partition coefficient (Wildman–Crippen LogP) is 3.75. The van der Waals surface area contributed by atoms with Gasteiger partial charge >= 0.3 is 0 Å². The summed E-state index contributed by atoms with van der Waals surface area (Å²) in [5.74, 6) is 2.88. The molecule has 3 aliphatic rings. The van der Waals surface area contributed by atoms with E-state index in [-0.39, 0.29) is 0 Å². The summed E-state index contributed by atoms with van der Waals surface area (Å²) in [5.41, 5.74) is 2.42. The lowest BCUT2D eigenvalue weighted by atomic mass is 9.57. The first-order valence-electron chi connectivity index (χ1n) is 12.7. The molecule has 36 heavy (non-hydrogen) atoms. The van der Waals surface area contributed by atoms with Crippen LogP contribution in [-0.4, -0.2) is 60.8 Å². The minimum absolute atomic E-state index is 0.320. The standard InChI is InChI=1S/C26H32N10/c1-17-9-23(34-33-17)30-22-12-24(35(2)16-18-5-3-8-28-15-18)32-25(31-22)29-19-10-20-13-26(6-4-7-27)14-21(11-19)36(20)26/h3,5,8-9,12,15,19-21H,4,6,10-11,13-14,16H2,1-2H3,(H3,29,30,31,32,33,34). The van der Waals surface area contributed by atoms with Gasteiger partial charge < -0.3 is 15.5 Å². The molecule has 6 heterocycles.